The van der Waals surface area contributed by atoms with Crippen molar-refractivity contribution in [3.8, 4) is 0 Å². The number of thiocarbonyl (C=S) groups is 1. The number of hydrogen-bond donors (Lipinski definition) is 2. The number of hydrogen-bond acceptors (Lipinski definition) is 6. The lowest BCUT2D eigenvalue weighted by atomic mass is 10.1. The van der Waals surface area contributed by atoms with Gasteiger partial charge in [0.1, 0.15) is 21.6 Å². The number of ether oxygens (including phenoxy) is 1. The molecule has 0 bridgehead atoms. The number of furan rings is 1. The summed E-state index contributed by atoms with van der Waals surface area (Å²) in [6.07, 6.45) is 1.99. The second kappa shape index (κ2) is 13.2. The number of benzene rings is 2. The quantitative estimate of drug-likeness (QED) is 0.252. The van der Waals surface area contributed by atoms with Gasteiger partial charge in [0.25, 0.3) is 11.8 Å². The summed E-state index contributed by atoms with van der Waals surface area (Å²) in [4.78, 5) is 27.8. The van der Waals surface area contributed by atoms with Crippen molar-refractivity contribution in [3.05, 3.63) is 95.1 Å². The monoisotopic (exact) mass is 539 g/mol. The molecule has 0 saturated carbocycles. The van der Waals surface area contributed by atoms with E-state index in [9.17, 15) is 14.0 Å². The number of morpholine rings is 1. The van der Waals surface area contributed by atoms with Gasteiger partial charge in [0.05, 0.1) is 13.2 Å². The van der Waals surface area contributed by atoms with Crippen molar-refractivity contribution in [2.75, 3.05) is 32.8 Å². The van der Waals surface area contributed by atoms with Crippen LogP contribution in [-0.2, 0) is 16.0 Å². The summed E-state index contributed by atoms with van der Waals surface area (Å²) in [5, 5.41) is 6.07. The van der Waals surface area contributed by atoms with Crippen molar-refractivity contribution in [1.82, 2.24) is 15.5 Å². The minimum absolute atomic E-state index is 0.0367. The SMILES string of the molecule is O=C(NCCc1ccc(F)cc1)C(=Cc1ccc(SC(=S)N2CCOCC2)o1)NC(=O)c1ccccc1. The van der Waals surface area contributed by atoms with Gasteiger partial charge < -0.3 is 24.7 Å². The Morgan fingerprint density at radius 2 is 1.76 bits per heavy atom. The van der Waals surface area contributed by atoms with Crippen LogP contribution in [-0.4, -0.2) is 53.9 Å². The highest BCUT2D eigenvalue weighted by Crippen LogP contribution is 2.25. The Bertz CT molecular complexity index is 1260. The number of carbonyl (C=O) groups is 2. The van der Waals surface area contributed by atoms with Gasteiger partial charge in [-0.2, -0.15) is 0 Å². The Morgan fingerprint density at radius 1 is 1.03 bits per heavy atom. The van der Waals surface area contributed by atoms with Crippen LogP contribution in [0.15, 0.2) is 81.9 Å². The maximum absolute atomic E-state index is 13.1. The molecule has 1 saturated heterocycles. The zero-order chi connectivity index (χ0) is 26.0. The molecular formula is C27H26FN3O4S2. The normalized spacial score (nSPS) is 13.8. The molecule has 3 aromatic rings. The van der Waals surface area contributed by atoms with Crippen molar-refractivity contribution in [2.45, 2.75) is 11.5 Å². The number of thioether (sulfide) groups is 1. The lowest BCUT2D eigenvalue weighted by Crippen LogP contribution is -2.38. The van der Waals surface area contributed by atoms with Gasteiger partial charge in [0, 0.05) is 31.3 Å². The maximum atomic E-state index is 13.1. The van der Waals surface area contributed by atoms with Crippen LogP contribution < -0.4 is 10.6 Å². The molecule has 10 heteroatoms. The third kappa shape index (κ3) is 8.01. The Hall–Kier alpha value is -3.47. The smallest absolute Gasteiger partial charge is 0.267 e. The molecule has 1 fully saturated rings. The Morgan fingerprint density at radius 3 is 2.49 bits per heavy atom. The fourth-order valence-electron chi connectivity index (χ4n) is 3.51. The third-order valence-electron chi connectivity index (χ3n) is 5.49. The summed E-state index contributed by atoms with van der Waals surface area (Å²) in [5.41, 5.74) is 1.33. The topological polar surface area (TPSA) is 83.8 Å². The van der Waals surface area contributed by atoms with E-state index in [-0.39, 0.29) is 11.5 Å². The molecule has 0 radical (unpaired) electrons. The molecule has 1 aliphatic rings. The predicted molar refractivity (Wildman–Crippen MR) is 145 cm³/mol. The standard InChI is InChI=1S/C27H26FN3O4S2/c28-21-8-6-19(7-9-21)12-13-29-26(33)23(30-25(32)20-4-2-1-3-5-20)18-22-10-11-24(35-22)37-27(36)31-14-16-34-17-15-31/h1-11,18H,12-17H2,(H,29,33)(H,30,32). The van der Waals surface area contributed by atoms with E-state index >= 15 is 0 Å². The fraction of sp³-hybridized carbons (Fsp3) is 0.222. The third-order valence-corrected chi connectivity index (χ3v) is 6.85. The molecule has 0 atom stereocenters. The van der Waals surface area contributed by atoms with Gasteiger partial charge in [-0.3, -0.25) is 9.59 Å². The lowest BCUT2D eigenvalue weighted by Gasteiger charge is -2.28. The predicted octanol–water partition coefficient (Wildman–Crippen LogP) is 4.26. The van der Waals surface area contributed by atoms with E-state index in [0.29, 0.717) is 46.9 Å². The lowest BCUT2D eigenvalue weighted by molar-refractivity contribution is -0.117. The van der Waals surface area contributed by atoms with Gasteiger partial charge in [-0.15, -0.1) is 0 Å². The first-order chi connectivity index (χ1) is 18.0. The van der Waals surface area contributed by atoms with Crippen molar-refractivity contribution in [1.29, 1.82) is 0 Å². The maximum Gasteiger partial charge on any atom is 0.267 e. The number of halogens is 1. The molecule has 0 spiro atoms. The van der Waals surface area contributed by atoms with Crippen LogP contribution >= 0.6 is 24.0 Å². The molecule has 4 rings (SSSR count). The number of rotatable bonds is 8. The van der Waals surface area contributed by atoms with E-state index in [1.54, 1.807) is 54.6 Å². The van der Waals surface area contributed by atoms with Crippen LogP contribution in [0.5, 0.6) is 0 Å². The average molecular weight is 540 g/mol. The molecule has 2 amide bonds. The summed E-state index contributed by atoms with van der Waals surface area (Å²) >= 11 is 6.84. The molecule has 0 unspecified atom stereocenters. The molecule has 2 N–H and O–H groups in total. The molecule has 1 aliphatic heterocycles. The van der Waals surface area contributed by atoms with E-state index in [2.05, 4.69) is 15.5 Å². The van der Waals surface area contributed by atoms with Gasteiger partial charge >= 0.3 is 0 Å². The summed E-state index contributed by atoms with van der Waals surface area (Å²) in [6, 6.07) is 18.2. The van der Waals surface area contributed by atoms with Gasteiger partial charge in [-0.05, 0) is 60.1 Å². The summed E-state index contributed by atoms with van der Waals surface area (Å²) in [5.74, 6) is -0.816. The van der Waals surface area contributed by atoms with Crippen molar-refractivity contribution in [3.63, 3.8) is 0 Å². The fourth-order valence-corrected chi connectivity index (χ4v) is 4.70. The molecule has 2 heterocycles. The van der Waals surface area contributed by atoms with Crippen LogP contribution in [0.3, 0.4) is 0 Å². The van der Waals surface area contributed by atoms with E-state index in [4.69, 9.17) is 21.4 Å². The minimum atomic E-state index is -0.471. The first kappa shape index (κ1) is 26.6. The summed E-state index contributed by atoms with van der Waals surface area (Å²) < 4.78 is 25.1. The number of nitrogens with one attached hydrogen (secondary N) is 2. The number of nitrogens with zero attached hydrogens (tertiary/aromatic N) is 1. The highest BCUT2D eigenvalue weighted by molar-refractivity contribution is 8.22. The Balaban J connectivity index is 1.44. The minimum Gasteiger partial charge on any atom is -0.450 e. The Labute approximate surface area is 224 Å². The van der Waals surface area contributed by atoms with E-state index in [0.717, 1.165) is 18.7 Å². The molecule has 1 aromatic heterocycles. The van der Waals surface area contributed by atoms with Crippen LogP contribution in [0.4, 0.5) is 4.39 Å². The van der Waals surface area contributed by atoms with Gasteiger partial charge in [0.15, 0.2) is 5.09 Å². The van der Waals surface area contributed by atoms with Crippen LogP contribution in [0.1, 0.15) is 21.7 Å². The van der Waals surface area contributed by atoms with Gasteiger partial charge in [0.2, 0.25) is 0 Å². The van der Waals surface area contributed by atoms with E-state index in [1.165, 1.54) is 30.0 Å². The molecule has 2 aromatic carbocycles. The summed E-state index contributed by atoms with van der Waals surface area (Å²) in [6.45, 7) is 3.03. The zero-order valence-corrected chi connectivity index (χ0v) is 21.6. The molecule has 0 aliphatic carbocycles. The highest BCUT2D eigenvalue weighted by Gasteiger charge is 2.18. The van der Waals surface area contributed by atoms with E-state index < -0.39 is 11.8 Å². The molecule has 37 heavy (non-hydrogen) atoms. The van der Waals surface area contributed by atoms with Crippen molar-refractivity contribution < 1.29 is 23.1 Å². The first-order valence-corrected chi connectivity index (χ1v) is 13.0. The Kier molecular flexibility index (Phi) is 9.47. The second-order valence-electron chi connectivity index (χ2n) is 8.13. The van der Waals surface area contributed by atoms with Crippen LogP contribution in [0, 0.1) is 5.82 Å². The van der Waals surface area contributed by atoms with Crippen LogP contribution in [0.2, 0.25) is 0 Å². The number of amides is 2. The number of carbonyl (C=O) groups excluding carboxylic acids is 2. The van der Waals surface area contributed by atoms with E-state index in [1.807, 2.05) is 0 Å². The van der Waals surface area contributed by atoms with Gasteiger partial charge in [-0.1, -0.05) is 42.5 Å². The molecular weight excluding hydrogens is 513 g/mol. The molecule has 7 nitrogen and oxygen atoms in total. The summed E-state index contributed by atoms with van der Waals surface area (Å²) in [7, 11) is 0. The first-order valence-electron chi connectivity index (χ1n) is 11.7. The largest absolute Gasteiger partial charge is 0.450 e. The van der Waals surface area contributed by atoms with Gasteiger partial charge in [-0.25, -0.2) is 4.39 Å². The second-order valence-corrected chi connectivity index (χ2v) is 9.77. The molecule has 192 valence electrons. The highest BCUT2D eigenvalue weighted by atomic mass is 32.2. The average Bonchev–Trinajstić information content (AvgIpc) is 3.36. The van der Waals surface area contributed by atoms with Crippen molar-refractivity contribution >= 4 is 46.2 Å². The zero-order valence-electron chi connectivity index (χ0n) is 19.9. The van der Waals surface area contributed by atoms with Crippen LogP contribution in [0.25, 0.3) is 6.08 Å². The van der Waals surface area contributed by atoms with Crippen molar-refractivity contribution in [2.24, 2.45) is 0 Å².